The highest BCUT2D eigenvalue weighted by Crippen LogP contribution is 2.27. The Labute approximate surface area is 163 Å². The lowest BCUT2D eigenvalue weighted by Crippen LogP contribution is -2.40. The van der Waals surface area contributed by atoms with E-state index in [2.05, 4.69) is 40.0 Å². The molecule has 0 saturated carbocycles. The van der Waals surface area contributed by atoms with Crippen molar-refractivity contribution in [2.75, 3.05) is 19.6 Å². The highest BCUT2D eigenvalue weighted by Gasteiger charge is 2.27. The number of hydrogen-bond donors (Lipinski definition) is 1. The van der Waals surface area contributed by atoms with E-state index in [0.29, 0.717) is 18.0 Å². The molecule has 0 aliphatic carbocycles. The van der Waals surface area contributed by atoms with Gasteiger partial charge in [-0.3, -0.25) is 14.3 Å². The Balaban J connectivity index is 2.12. The van der Waals surface area contributed by atoms with Crippen molar-refractivity contribution in [3.63, 3.8) is 0 Å². The van der Waals surface area contributed by atoms with E-state index in [-0.39, 0.29) is 11.6 Å². The summed E-state index contributed by atoms with van der Waals surface area (Å²) in [6, 6.07) is 6.42. The Morgan fingerprint density at radius 3 is 2.92 bits per heavy atom. The van der Waals surface area contributed by atoms with Gasteiger partial charge in [0.05, 0.1) is 16.9 Å². The molecule has 1 aromatic carbocycles. The molecule has 1 saturated heterocycles. The topological polar surface area (TPSA) is 50.2 Å². The first-order chi connectivity index (χ1) is 12.5. The molecule has 26 heavy (non-hydrogen) atoms. The molecule has 3 rings (SSSR count). The Kier molecular flexibility index (Phi) is 6.48. The fourth-order valence-corrected chi connectivity index (χ4v) is 4.30. The maximum Gasteiger partial charge on any atom is 0.261 e. The molecular formula is C20H29BrN4O. The number of fused-ring (bicyclic) bond motifs is 1. The summed E-state index contributed by atoms with van der Waals surface area (Å²) in [7, 11) is 0. The van der Waals surface area contributed by atoms with Crippen LogP contribution in [0.15, 0.2) is 27.5 Å². The number of hydrogen-bond acceptors (Lipinski definition) is 4. The van der Waals surface area contributed by atoms with Crippen molar-refractivity contribution in [1.29, 1.82) is 0 Å². The molecule has 1 aromatic heterocycles. The zero-order chi connectivity index (χ0) is 18.7. The number of nitrogens with one attached hydrogen (secondary N) is 1. The largest absolute Gasteiger partial charge is 0.313 e. The van der Waals surface area contributed by atoms with E-state index >= 15 is 0 Å². The van der Waals surface area contributed by atoms with Crippen LogP contribution >= 0.6 is 15.9 Å². The third kappa shape index (κ3) is 4.02. The van der Waals surface area contributed by atoms with Gasteiger partial charge in [0, 0.05) is 30.1 Å². The zero-order valence-corrected chi connectivity index (χ0v) is 17.6. The summed E-state index contributed by atoms with van der Waals surface area (Å²) in [6.45, 7) is 10.2. The molecule has 142 valence electrons. The van der Waals surface area contributed by atoms with E-state index in [1.807, 2.05) is 29.7 Å². The van der Waals surface area contributed by atoms with Crippen LogP contribution in [0.4, 0.5) is 0 Å². The number of aromatic nitrogens is 2. The molecule has 6 heteroatoms. The Bertz CT molecular complexity index is 819. The first kappa shape index (κ1) is 19.5. The van der Waals surface area contributed by atoms with E-state index in [1.165, 1.54) is 0 Å². The van der Waals surface area contributed by atoms with Gasteiger partial charge >= 0.3 is 0 Å². The van der Waals surface area contributed by atoms with Crippen LogP contribution in [0.2, 0.25) is 0 Å². The minimum atomic E-state index is 0.0656. The summed E-state index contributed by atoms with van der Waals surface area (Å²) in [5.74, 6) is 0.920. The van der Waals surface area contributed by atoms with Crippen molar-refractivity contribution in [1.82, 2.24) is 19.8 Å². The molecule has 1 unspecified atom stereocenters. The van der Waals surface area contributed by atoms with Gasteiger partial charge in [0.15, 0.2) is 0 Å². The molecule has 2 heterocycles. The van der Waals surface area contributed by atoms with E-state index in [1.54, 1.807) is 0 Å². The van der Waals surface area contributed by atoms with Gasteiger partial charge in [-0.1, -0.05) is 29.3 Å². The van der Waals surface area contributed by atoms with Crippen LogP contribution in [0.1, 0.15) is 51.9 Å². The number of rotatable bonds is 5. The molecule has 1 aliphatic rings. The second kappa shape index (κ2) is 8.63. The maximum absolute atomic E-state index is 13.1. The summed E-state index contributed by atoms with van der Waals surface area (Å²) in [5.41, 5.74) is 0.857. The van der Waals surface area contributed by atoms with Gasteiger partial charge in [0.1, 0.15) is 5.82 Å². The molecule has 2 aromatic rings. The van der Waals surface area contributed by atoms with Crippen LogP contribution in [0, 0.1) is 0 Å². The van der Waals surface area contributed by atoms with Crippen LogP contribution in [0.3, 0.4) is 0 Å². The van der Waals surface area contributed by atoms with Gasteiger partial charge in [-0.2, -0.15) is 0 Å². The predicted octanol–water partition coefficient (Wildman–Crippen LogP) is 3.70. The van der Waals surface area contributed by atoms with Gasteiger partial charge in [-0.25, -0.2) is 4.98 Å². The molecule has 0 bridgehead atoms. The Morgan fingerprint density at radius 2 is 2.19 bits per heavy atom. The minimum Gasteiger partial charge on any atom is -0.313 e. The summed E-state index contributed by atoms with van der Waals surface area (Å²) < 4.78 is 2.79. The lowest BCUT2D eigenvalue weighted by atomic mass is 10.1. The molecule has 1 aliphatic heterocycles. The maximum atomic E-state index is 13.1. The molecule has 1 fully saturated rings. The highest BCUT2D eigenvalue weighted by molar-refractivity contribution is 9.10. The first-order valence-corrected chi connectivity index (χ1v) is 10.5. The van der Waals surface area contributed by atoms with Crippen molar-refractivity contribution in [2.24, 2.45) is 0 Å². The quantitative estimate of drug-likeness (QED) is 0.800. The van der Waals surface area contributed by atoms with E-state index in [0.717, 1.165) is 54.7 Å². The second-order valence-electron chi connectivity index (χ2n) is 7.19. The first-order valence-electron chi connectivity index (χ1n) is 9.72. The lowest BCUT2D eigenvalue weighted by molar-refractivity contribution is 0.174. The fourth-order valence-electron chi connectivity index (χ4n) is 3.94. The molecule has 0 amide bonds. The van der Waals surface area contributed by atoms with Crippen molar-refractivity contribution < 1.29 is 0 Å². The van der Waals surface area contributed by atoms with Crippen LogP contribution in [0.5, 0.6) is 0 Å². The fraction of sp³-hybridized carbons (Fsp3) is 0.600. The average Bonchev–Trinajstić information content (AvgIpc) is 2.84. The predicted molar refractivity (Wildman–Crippen MR) is 111 cm³/mol. The van der Waals surface area contributed by atoms with Crippen molar-refractivity contribution in [3.05, 3.63) is 38.9 Å². The number of halogens is 1. The van der Waals surface area contributed by atoms with Gasteiger partial charge in [-0.15, -0.1) is 0 Å². The summed E-state index contributed by atoms with van der Waals surface area (Å²) in [5, 5.41) is 4.25. The SMILES string of the molecule is CCCC(c1nc2ccc(Br)cc2c(=O)n1CC)N1CCCN[C@@H](C)C1. The number of benzene rings is 1. The van der Waals surface area contributed by atoms with Gasteiger partial charge in [0.25, 0.3) is 5.56 Å². The van der Waals surface area contributed by atoms with Crippen LogP contribution < -0.4 is 10.9 Å². The van der Waals surface area contributed by atoms with Crippen molar-refractivity contribution in [2.45, 2.75) is 58.7 Å². The monoisotopic (exact) mass is 420 g/mol. The summed E-state index contributed by atoms with van der Waals surface area (Å²) >= 11 is 3.47. The minimum absolute atomic E-state index is 0.0656. The van der Waals surface area contributed by atoms with Crippen LogP contribution in [-0.2, 0) is 6.54 Å². The van der Waals surface area contributed by atoms with Gasteiger partial charge in [-0.05, 0) is 51.4 Å². The smallest absolute Gasteiger partial charge is 0.261 e. The molecular weight excluding hydrogens is 392 g/mol. The summed E-state index contributed by atoms with van der Waals surface area (Å²) in [4.78, 5) is 20.6. The normalized spacial score (nSPS) is 20.2. The third-order valence-electron chi connectivity index (χ3n) is 5.19. The zero-order valence-electron chi connectivity index (χ0n) is 16.0. The second-order valence-corrected chi connectivity index (χ2v) is 8.10. The van der Waals surface area contributed by atoms with E-state index in [9.17, 15) is 4.79 Å². The Hall–Kier alpha value is -1.24. The molecule has 2 atom stereocenters. The van der Waals surface area contributed by atoms with Crippen molar-refractivity contribution in [3.8, 4) is 0 Å². The van der Waals surface area contributed by atoms with Crippen LogP contribution in [0.25, 0.3) is 10.9 Å². The van der Waals surface area contributed by atoms with Crippen molar-refractivity contribution >= 4 is 26.8 Å². The number of nitrogens with zero attached hydrogens (tertiary/aromatic N) is 3. The standard InChI is InChI=1S/C20H29BrN4O/c1-4-7-18(24-11-6-10-22-14(3)13-24)19-23-17-9-8-15(21)12-16(17)20(26)25(19)5-2/h8-9,12,14,18,22H,4-7,10-11,13H2,1-3H3/t14-,18?/m0/s1. The molecule has 5 nitrogen and oxygen atoms in total. The lowest BCUT2D eigenvalue weighted by Gasteiger charge is -2.32. The molecule has 1 N–H and O–H groups in total. The molecule has 0 spiro atoms. The van der Waals surface area contributed by atoms with Gasteiger partial charge in [0.2, 0.25) is 0 Å². The Morgan fingerprint density at radius 1 is 1.38 bits per heavy atom. The van der Waals surface area contributed by atoms with E-state index in [4.69, 9.17) is 4.98 Å². The average molecular weight is 421 g/mol. The molecule has 0 radical (unpaired) electrons. The summed E-state index contributed by atoms with van der Waals surface area (Å²) in [6.07, 6.45) is 3.21. The van der Waals surface area contributed by atoms with Gasteiger partial charge < -0.3 is 5.32 Å². The van der Waals surface area contributed by atoms with Crippen LogP contribution in [-0.4, -0.2) is 40.1 Å². The highest BCUT2D eigenvalue weighted by atomic mass is 79.9. The third-order valence-corrected chi connectivity index (χ3v) is 5.68. The van der Waals surface area contributed by atoms with E-state index < -0.39 is 0 Å².